The van der Waals surface area contributed by atoms with E-state index in [4.69, 9.17) is 5.73 Å². The minimum absolute atomic E-state index is 0.0186. The minimum Gasteiger partial charge on any atom is -0.366 e. The summed E-state index contributed by atoms with van der Waals surface area (Å²) < 4.78 is 43.2. The molecular weight excluding hydrogens is 341 g/mol. The van der Waals surface area contributed by atoms with Gasteiger partial charge in [-0.05, 0) is 48.5 Å². The first-order valence-corrected chi connectivity index (χ1v) is 7.90. The maximum absolute atomic E-state index is 14.1. The summed E-state index contributed by atoms with van der Waals surface area (Å²) in [4.78, 5) is 11.8. The predicted octanol–water partition coefficient (Wildman–Crippen LogP) is 4.36. The van der Waals surface area contributed by atoms with Gasteiger partial charge in [-0.2, -0.15) is 0 Å². The third kappa shape index (κ3) is 2.50. The van der Waals surface area contributed by atoms with E-state index in [9.17, 15) is 18.0 Å². The lowest BCUT2D eigenvalue weighted by Gasteiger charge is -2.09. The Balaban J connectivity index is 2.06. The molecule has 0 spiro atoms. The van der Waals surface area contributed by atoms with Gasteiger partial charge in [-0.1, -0.05) is 6.07 Å². The molecule has 6 heteroatoms. The van der Waals surface area contributed by atoms with E-state index in [1.165, 1.54) is 12.1 Å². The van der Waals surface area contributed by atoms with E-state index in [0.717, 1.165) is 18.2 Å². The monoisotopic (exact) mass is 354 g/mol. The third-order valence-electron chi connectivity index (χ3n) is 4.45. The highest BCUT2D eigenvalue weighted by Gasteiger charge is 2.18. The summed E-state index contributed by atoms with van der Waals surface area (Å²) in [6.45, 7) is -0.0186. The van der Waals surface area contributed by atoms with E-state index in [0.29, 0.717) is 21.8 Å². The summed E-state index contributed by atoms with van der Waals surface area (Å²) in [5.41, 5.74) is 6.95. The Kier molecular flexibility index (Phi) is 3.68. The predicted molar refractivity (Wildman–Crippen MR) is 93.4 cm³/mol. The van der Waals surface area contributed by atoms with Crippen LogP contribution < -0.4 is 5.73 Å². The standard InChI is InChI=1S/C20H13F3N2O/c21-12-5-7-16(23)11(8-12)10-25-17-3-1-2-15(20(24)26)19(17)14-6-4-13(22)9-18(14)25/h1-9H,10H2,(H2,24,26). The van der Waals surface area contributed by atoms with Gasteiger partial charge in [-0.25, -0.2) is 13.2 Å². The van der Waals surface area contributed by atoms with E-state index in [-0.39, 0.29) is 17.7 Å². The summed E-state index contributed by atoms with van der Waals surface area (Å²) in [5.74, 6) is -2.21. The number of halogens is 3. The molecule has 1 heterocycles. The average Bonchev–Trinajstić information content (AvgIpc) is 2.91. The number of nitrogens with two attached hydrogens (primary N) is 1. The van der Waals surface area contributed by atoms with Crippen molar-refractivity contribution in [1.29, 1.82) is 0 Å². The van der Waals surface area contributed by atoms with Crippen LogP contribution in [0.3, 0.4) is 0 Å². The zero-order valence-corrected chi connectivity index (χ0v) is 13.5. The molecule has 0 aliphatic rings. The molecule has 0 radical (unpaired) electrons. The number of rotatable bonds is 3. The molecule has 0 unspecified atom stereocenters. The second-order valence-electron chi connectivity index (χ2n) is 6.05. The lowest BCUT2D eigenvalue weighted by Crippen LogP contribution is -2.11. The molecule has 130 valence electrons. The van der Waals surface area contributed by atoms with Gasteiger partial charge in [0.1, 0.15) is 17.5 Å². The van der Waals surface area contributed by atoms with E-state index < -0.39 is 23.4 Å². The molecule has 3 aromatic carbocycles. The van der Waals surface area contributed by atoms with Crippen molar-refractivity contribution in [2.75, 3.05) is 0 Å². The van der Waals surface area contributed by atoms with Crippen molar-refractivity contribution in [2.24, 2.45) is 5.73 Å². The maximum atomic E-state index is 14.1. The highest BCUT2D eigenvalue weighted by Crippen LogP contribution is 2.33. The van der Waals surface area contributed by atoms with Crippen molar-refractivity contribution in [3.63, 3.8) is 0 Å². The fourth-order valence-electron chi connectivity index (χ4n) is 3.33. The molecule has 0 aliphatic heterocycles. The van der Waals surface area contributed by atoms with Crippen molar-refractivity contribution in [3.8, 4) is 0 Å². The van der Waals surface area contributed by atoms with Crippen LogP contribution in [0.15, 0.2) is 54.6 Å². The van der Waals surface area contributed by atoms with Gasteiger partial charge in [0.15, 0.2) is 0 Å². The summed E-state index contributed by atoms with van der Waals surface area (Å²) in [6.07, 6.45) is 0. The van der Waals surface area contributed by atoms with Gasteiger partial charge in [0.25, 0.3) is 0 Å². The van der Waals surface area contributed by atoms with Gasteiger partial charge in [-0.15, -0.1) is 0 Å². The molecule has 4 aromatic rings. The molecule has 0 saturated heterocycles. The number of hydrogen-bond donors (Lipinski definition) is 1. The van der Waals surface area contributed by atoms with Crippen molar-refractivity contribution < 1.29 is 18.0 Å². The van der Waals surface area contributed by atoms with E-state index in [1.54, 1.807) is 28.8 Å². The van der Waals surface area contributed by atoms with E-state index in [2.05, 4.69) is 0 Å². The largest absolute Gasteiger partial charge is 0.366 e. The molecule has 1 aromatic heterocycles. The Morgan fingerprint density at radius 1 is 0.923 bits per heavy atom. The Labute approximate surface area is 146 Å². The summed E-state index contributed by atoms with van der Waals surface area (Å²) in [6, 6.07) is 12.3. The van der Waals surface area contributed by atoms with Crippen LogP contribution in [0.25, 0.3) is 21.8 Å². The first kappa shape index (κ1) is 16.2. The van der Waals surface area contributed by atoms with Gasteiger partial charge in [0.2, 0.25) is 5.91 Å². The number of carbonyl (C=O) groups is 1. The Morgan fingerprint density at radius 3 is 2.42 bits per heavy atom. The minimum atomic E-state index is -0.615. The van der Waals surface area contributed by atoms with Crippen LogP contribution in [0.2, 0.25) is 0 Å². The number of nitrogens with zero attached hydrogens (tertiary/aromatic N) is 1. The smallest absolute Gasteiger partial charge is 0.249 e. The van der Waals surface area contributed by atoms with Crippen LogP contribution in [-0.2, 0) is 6.54 Å². The van der Waals surface area contributed by atoms with Crippen LogP contribution in [0, 0.1) is 17.5 Å². The molecule has 26 heavy (non-hydrogen) atoms. The first-order valence-electron chi connectivity index (χ1n) is 7.90. The summed E-state index contributed by atoms with van der Waals surface area (Å²) >= 11 is 0. The molecule has 0 bridgehead atoms. The highest BCUT2D eigenvalue weighted by atomic mass is 19.1. The normalized spacial score (nSPS) is 11.3. The zero-order valence-electron chi connectivity index (χ0n) is 13.5. The van der Waals surface area contributed by atoms with Gasteiger partial charge < -0.3 is 10.3 Å². The molecule has 0 atom stereocenters. The van der Waals surface area contributed by atoms with Gasteiger partial charge in [0.05, 0.1) is 17.6 Å². The summed E-state index contributed by atoms with van der Waals surface area (Å²) in [5, 5.41) is 1.18. The van der Waals surface area contributed by atoms with Crippen LogP contribution in [0.1, 0.15) is 15.9 Å². The van der Waals surface area contributed by atoms with Crippen molar-refractivity contribution in [1.82, 2.24) is 4.57 Å². The van der Waals surface area contributed by atoms with Crippen LogP contribution in [0.4, 0.5) is 13.2 Å². The average molecular weight is 354 g/mol. The van der Waals surface area contributed by atoms with Crippen LogP contribution in [0.5, 0.6) is 0 Å². The molecule has 2 N–H and O–H groups in total. The Hall–Kier alpha value is -3.28. The lowest BCUT2D eigenvalue weighted by molar-refractivity contribution is 0.100. The number of carbonyl (C=O) groups excluding carboxylic acids is 1. The lowest BCUT2D eigenvalue weighted by atomic mass is 10.1. The summed E-state index contributed by atoms with van der Waals surface area (Å²) in [7, 11) is 0. The molecule has 0 saturated carbocycles. The maximum Gasteiger partial charge on any atom is 0.249 e. The Morgan fingerprint density at radius 2 is 1.65 bits per heavy atom. The van der Waals surface area contributed by atoms with Gasteiger partial charge in [0, 0.05) is 21.9 Å². The number of amides is 1. The topological polar surface area (TPSA) is 48.0 Å². The van der Waals surface area contributed by atoms with E-state index in [1.807, 2.05) is 0 Å². The molecule has 4 rings (SSSR count). The van der Waals surface area contributed by atoms with Gasteiger partial charge in [-0.3, -0.25) is 4.79 Å². The number of primary amides is 1. The third-order valence-corrected chi connectivity index (χ3v) is 4.45. The fourth-order valence-corrected chi connectivity index (χ4v) is 3.33. The van der Waals surface area contributed by atoms with Crippen LogP contribution >= 0.6 is 0 Å². The number of fused-ring (bicyclic) bond motifs is 3. The zero-order chi connectivity index (χ0) is 18.4. The van der Waals surface area contributed by atoms with Crippen molar-refractivity contribution in [3.05, 3.63) is 83.2 Å². The SMILES string of the molecule is NC(=O)c1cccc2c1c1ccc(F)cc1n2Cc1cc(F)ccc1F. The van der Waals surface area contributed by atoms with Gasteiger partial charge >= 0.3 is 0 Å². The van der Waals surface area contributed by atoms with Crippen molar-refractivity contribution >= 4 is 27.7 Å². The number of benzene rings is 3. The van der Waals surface area contributed by atoms with E-state index >= 15 is 0 Å². The molecule has 1 amide bonds. The fraction of sp³-hybridized carbons (Fsp3) is 0.0500. The molecular formula is C20H13F3N2O. The second-order valence-corrected chi connectivity index (χ2v) is 6.05. The molecule has 3 nitrogen and oxygen atoms in total. The van der Waals surface area contributed by atoms with Crippen molar-refractivity contribution in [2.45, 2.75) is 6.54 Å². The Bertz CT molecular complexity index is 1180. The van der Waals surface area contributed by atoms with Crippen LogP contribution in [-0.4, -0.2) is 10.5 Å². The first-order chi connectivity index (χ1) is 12.5. The molecule has 0 fully saturated rings. The number of aromatic nitrogens is 1. The second kappa shape index (κ2) is 5.91. The highest BCUT2D eigenvalue weighted by molar-refractivity contribution is 6.17. The molecule has 0 aliphatic carbocycles. The quantitative estimate of drug-likeness (QED) is 0.584. The number of hydrogen-bond acceptors (Lipinski definition) is 1.